The highest BCUT2D eigenvalue weighted by atomic mass is 35.5. The summed E-state index contributed by atoms with van der Waals surface area (Å²) >= 11 is 6.22. The van der Waals surface area contributed by atoms with Crippen molar-refractivity contribution < 1.29 is 4.74 Å². The summed E-state index contributed by atoms with van der Waals surface area (Å²) in [4.78, 5) is 0. The summed E-state index contributed by atoms with van der Waals surface area (Å²) < 4.78 is 5.68. The largest absolute Gasteiger partial charge is 0.491 e. The van der Waals surface area contributed by atoms with Crippen LogP contribution >= 0.6 is 11.6 Å². The Morgan fingerprint density at radius 1 is 1.24 bits per heavy atom. The molecule has 1 atom stereocenters. The molecule has 0 aliphatic rings. The van der Waals surface area contributed by atoms with Gasteiger partial charge in [-0.3, -0.25) is 0 Å². The number of hydrogen-bond donors (Lipinski definition) is 0. The van der Waals surface area contributed by atoms with Gasteiger partial charge in [0.1, 0.15) is 5.75 Å². The van der Waals surface area contributed by atoms with Gasteiger partial charge < -0.3 is 4.74 Å². The molecule has 0 radical (unpaired) electrons. The van der Waals surface area contributed by atoms with Crippen LogP contribution in [0.3, 0.4) is 0 Å². The van der Waals surface area contributed by atoms with E-state index < -0.39 is 0 Å². The van der Waals surface area contributed by atoms with Gasteiger partial charge in [0, 0.05) is 5.38 Å². The molecule has 0 saturated heterocycles. The molecule has 0 saturated carbocycles. The first kappa shape index (κ1) is 14.4. The first-order valence-electron chi connectivity index (χ1n) is 6.51. The van der Waals surface area contributed by atoms with Crippen molar-refractivity contribution in [1.29, 1.82) is 0 Å². The van der Waals surface area contributed by atoms with Crippen molar-refractivity contribution in [2.24, 2.45) is 0 Å². The fourth-order valence-electron chi connectivity index (χ4n) is 1.83. The van der Waals surface area contributed by atoms with E-state index in [-0.39, 0.29) is 6.10 Å². The SMILES string of the molecule is CCCC(Cl)CCc1cccc(OC(C)C)c1. The third-order valence-electron chi connectivity index (χ3n) is 2.62. The molecule has 1 nitrogen and oxygen atoms in total. The van der Waals surface area contributed by atoms with Gasteiger partial charge in [-0.1, -0.05) is 25.5 Å². The Morgan fingerprint density at radius 3 is 2.65 bits per heavy atom. The molecule has 0 fully saturated rings. The van der Waals surface area contributed by atoms with Crippen molar-refractivity contribution in [2.45, 2.75) is 57.9 Å². The highest BCUT2D eigenvalue weighted by Gasteiger charge is 2.05. The zero-order chi connectivity index (χ0) is 12.7. The van der Waals surface area contributed by atoms with Crippen LogP contribution in [0.5, 0.6) is 5.75 Å². The number of aryl methyl sites for hydroxylation is 1. The maximum atomic E-state index is 6.22. The Hall–Kier alpha value is -0.690. The number of halogens is 1. The second-order valence-corrected chi connectivity index (χ2v) is 5.36. The molecule has 0 aliphatic carbocycles. The average molecular weight is 255 g/mol. The molecule has 1 aromatic carbocycles. The topological polar surface area (TPSA) is 9.23 Å². The molecule has 1 rings (SSSR count). The summed E-state index contributed by atoms with van der Waals surface area (Å²) in [5.41, 5.74) is 1.31. The van der Waals surface area contributed by atoms with E-state index in [1.54, 1.807) is 0 Å². The summed E-state index contributed by atoms with van der Waals surface area (Å²) in [6.07, 6.45) is 4.56. The Bertz CT molecular complexity index is 322. The van der Waals surface area contributed by atoms with Gasteiger partial charge in [-0.05, 0) is 50.8 Å². The van der Waals surface area contributed by atoms with E-state index in [9.17, 15) is 0 Å². The quantitative estimate of drug-likeness (QED) is 0.635. The summed E-state index contributed by atoms with van der Waals surface area (Å²) in [6, 6.07) is 8.32. The minimum absolute atomic E-state index is 0.228. The van der Waals surface area contributed by atoms with Gasteiger partial charge in [-0.25, -0.2) is 0 Å². The fraction of sp³-hybridized carbons (Fsp3) is 0.600. The maximum Gasteiger partial charge on any atom is 0.119 e. The van der Waals surface area contributed by atoms with E-state index in [0.717, 1.165) is 31.4 Å². The van der Waals surface area contributed by atoms with Gasteiger partial charge in [0.2, 0.25) is 0 Å². The molecule has 0 heterocycles. The molecule has 17 heavy (non-hydrogen) atoms. The summed E-state index contributed by atoms with van der Waals surface area (Å²) in [5, 5.41) is 0.301. The number of alkyl halides is 1. The van der Waals surface area contributed by atoms with E-state index in [0.29, 0.717) is 5.38 Å². The van der Waals surface area contributed by atoms with Crippen LogP contribution in [0.4, 0.5) is 0 Å². The number of ether oxygens (including phenoxy) is 1. The predicted octanol–water partition coefficient (Wildman–Crippen LogP) is 4.81. The van der Waals surface area contributed by atoms with Gasteiger partial charge in [0.05, 0.1) is 6.10 Å². The zero-order valence-corrected chi connectivity index (χ0v) is 11.8. The zero-order valence-electron chi connectivity index (χ0n) is 11.1. The second-order valence-electron chi connectivity index (χ2n) is 4.74. The lowest BCUT2D eigenvalue weighted by Crippen LogP contribution is -2.06. The second kappa shape index (κ2) is 7.60. The van der Waals surface area contributed by atoms with E-state index in [1.807, 2.05) is 19.9 Å². The fourth-order valence-corrected chi connectivity index (χ4v) is 2.15. The summed E-state index contributed by atoms with van der Waals surface area (Å²) in [5.74, 6) is 0.958. The first-order valence-corrected chi connectivity index (χ1v) is 6.95. The van der Waals surface area contributed by atoms with Crippen LogP contribution in [0, 0.1) is 0 Å². The van der Waals surface area contributed by atoms with E-state index >= 15 is 0 Å². The molecule has 0 bridgehead atoms. The Kier molecular flexibility index (Phi) is 6.43. The number of rotatable bonds is 7. The summed E-state index contributed by atoms with van der Waals surface area (Å²) in [6.45, 7) is 6.26. The maximum absolute atomic E-state index is 6.22. The molecule has 0 aromatic heterocycles. The van der Waals surface area contributed by atoms with Gasteiger partial charge in [0.15, 0.2) is 0 Å². The monoisotopic (exact) mass is 254 g/mol. The number of hydrogen-bond acceptors (Lipinski definition) is 1. The van der Waals surface area contributed by atoms with Crippen molar-refractivity contribution in [1.82, 2.24) is 0 Å². The van der Waals surface area contributed by atoms with Crippen molar-refractivity contribution in [3.8, 4) is 5.75 Å². The normalized spacial score (nSPS) is 12.8. The van der Waals surface area contributed by atoms with E-state index in [2.05, 4.69) is 25.1 Å². The van der Waals surface area contributed by atoms with Gasteiger partial charge in [-0.15, -0.1) is 11.6 Å². The molecule has 1 unspecified atom stereocenters. The molecule has 1 aromatic rings. The van der Waals surface area contributed by atoms with Crippen LogP contribution in [-0.2, 0) is 6.42 Å². The highest BCUT2D eigenvalue weighted by Crippen LogP contribution is 2.18. The van der Waals surface area contributed by atoms with Crippen molar-refractivity contribution in [2.75, 3.05) is 0 Å². The van der Waals surface area contributed by atoms with Crippen molar-refractivity contribution in [3.63, 3.8) is 0 Å². The Morgan fingerprint density at radius 2 is 2.00 bits per heavy atom. The van der Waals surface area contributed by atoms with Crippen LogP contribution in [-0.4, -0.2) is 11.5 Å². The molecular formula is C15H23ClO. The van der Waals surface area contributed by atoms with E-state index in [1.165, 1.54) is 5.56 Å². The molecule has 96 valence electrons. The van der Waals surface area contributed by atoms with Gasteiger partial charge >= 0.3 is 0 Å². The molecule has 0 aliphatic heterocycles. The molecule has 0 N–H and O–H groups in total. The van der Waals surface area contributed by atoms with E-state index in [4.69, 9.17) is 16.3 Å². The third kappa shape index (κ3) is 5.97. The predicted molar refractivity (Wildman–Crippen MR) is 75.1 cm³/mol. The molecule has 0 amide bonds. The lowest BCUT2D eigenvalue weighted by molar-refractivity contribution is 0.242. The molecule has 2 heteroatoms. The smallest absolute Gasteiger partial charge is 0.119 e. The summed E-state index contributed by atoms with van der Waals surface area (Å²) in [7, 11) is 0. The lowest BCUT2D eigenvalue weighted by atomic mass is 10.1. The van der Waals surface area contributed by atoms with Crippen LogP contribution < -0.4 is 4.74 Å². The van der Waals surface area contributed by atoms with Crippen LogP contribution in [0.1, 0.15) is 45.6 Å². The Balaban J connectivity index is 2.48. The third-order valence-corrected chi connectivity index (χ3v) is 3.05. The highest BCUT2D eigenvalue weighted by molar-refractivity contribution is 6.20. The van der Waals surface area contributed by atoms with Gasteiger partial charge in [0.25, 0.3) is 0 Å². The minimum atomic E-state index is 0.228. The Labute approximate surface area is 110 Å². The average Bonchev–Trinajstić information content (AvgIpc) is 2.26. The minimum Gasteiger partial charge on any atom is -0.491 e. The molecular weight excluding hydrogens is 232 g/mol. The van der Waals surface area contributed by atoms with Crippen molar-refractivity contribution >= 4 is 11.6 Å². The van der Waals surface area contributed by atoms with Gasteiger partial charge in [-0.2, -0.15) is 0 Å². The van der Waals surface area contributed by atoms with Crippen molar-refractivity contribution in [3.05, 3.63) is 29.8 Å². The standard InChI is InChI=1S/C15H23ClO/c1-4-6-14(16)10-9-13-7-5-8-15(11-13)17-12(2)3/h5,7-8,11-12,14H,4,6,9-10H2,1-3H3. The molecule has 0 spiro atoms. The first-order chi connectivity index (χ1) is 8.11. The number of benzene rings is 1. The van der Waals surface area contributed by atoms with Crippen LogP contribution in [0.25, 0.3) is 0 Å². The lowest BCUT2D eigenvalue weighted by Gasteiger charge is -2.12. The van der Waals surface area contributed by atoms with Crippen LogP contribution in [0.2, 0.25) is 0 Å². The van der Waals surface area contributed by atoms with Crippen LogP contribution in [0.15, 0.2) is 24.3 Å².